The maximum atomic E-state index is 2.43. The van der Waals surface area contributed by atoms with E-state index in [0.29, 0.717) is 0 Å². The molecular formula is C51H40N2. The maximum absolute atomic E-state index is 2.43. The molecule has 0 aromatic heterocycles. The summed E-state index contributed by atoms with van der Waals surface area (Å²) >= 11 is 0. The van der Waals surface area contributed by atoms with Gasteiger partial charge >= 0.3 is 0 Å². The molecule has 53 heavy (non-hydrogen) atoms. The summed E-state index contributed by atoms with van der Waals surface area (Å²) in [5.41, 5.74) is 20.2. The first-order valence-electron chi connectivity index (χ1n) is 18.7. The molecular weight excluding hydrogens is 641 g/mol. The second-order valence-corrected chi connectivity index (χ2v) is 15.0. The summed E-state index contributed by atoms with van der Waals surface area (Å²) < 4.78 is 0. The van der Waals surface area contributed by atoms with Crippen LogP contribution in [0.3, 0.4) is 0 Å². The van der Waals surface area contributed by atoms with E-state index < -0.39 is 0 Å². The molecule has 10 rings (SSSR count). The molecule has 0 radical (unpaired) electrons. The summed E-state index contributed by atoms with van der Waals surface area (Å²) in [5.74, 6) is 0. The lowest BCUT2D eigenvalue weighted by Gasteiger charge is -2.29. The standard InChI is InChI=1S/C51H40N2/c1-51(2)45-33-36(20-19-35-21-28-41(29-22-35)52-47-15-7-3-11-37(47)24-25-38-12-4-8-16-48(38)52)23-31-43(45)44-32-30-42(34-46(44)51)53-49-17-9-5-13-39(49)26-27-40-14-6-10-18-50(40)53/h3-23,26-34H,24-25H2,1-2H3/b20-19+. The molecule has 0 saturated heterocycles. The van der Waals surface area contributed by atoms with E-state index in [0.717, 1.165) is 12.8 Å². The van der Waals surface area contributed by atoms with Crippen molar-refractivity contribution < 1.29 is 0 Å². The van der Waals surface area contributed by atoms with Crippen LogP contribution in [0.2, 0.25) is 0 Å². The van der Waals surface area contributed by atoms with Crippen LogP contribution in [0.15, 0.2) is 158 Å². The quantitative estimate of drug-likeness (QED) is 0.171. The van der Waals surface area contributed by atoms with E-state index in [2.05, 4.69) is 206 Å². The maximum Gasteiger partial charge on any atom is 0.0534 e. The van der Waals surface area contributed by atoms with Crippen molar-refractivity contribution >= 4 is 58.4 Å². The van der Waals surface area contributed by atoms with Gasteiger partial charge in [-0.2, -0.15) is 0 Å². The highest BCUT2D eigenvalue weighted by atomic mass is 15.2. The lowest BCUT2D eigenvalue weighted by Crippen LogP contribution is -2.17. The van der Waals surface area contributed by atoms with Crippen LogP contribution in [-0.4, -0.2) is 0 Å². The van der Waals surface area contributed by atoms with E-state index in [9.17, 15) is 0 Å². The summed E-state index contributed by atoms with van der Waals surface area (Å²) in [7, 11) is 0. The van der Waals surface area contributed by atoms with Gasteiger partial charge in [-0.1, -0.05) is 147 Å². The molecule has 0 unspecified atom stereocenters. The molecule has 0 fully saturated rings. The van der Waals surface area contributed by atoms with Crippen molar-refractivity contribution in [1.29, 1.82) is 0 Å². The zero-order valence-corrected chi connectivity index (χ0v) is 30.1. The Balaban J connectivity index is 0.953. The van der Waals surface area contributed by atoms with Gasteiger partial charge in [0.25, 0.3) is 0 Å². The molecule has 0 N–H and O–H groups in total. The van der Waals surface area contributed by atoms with Crippen LogP contribution < -0.4 is 9.80 Å². The predicted octanol–water partition coefficient (Wildman–Crippen LogP) is 13.7. The molecule has 2 aliphatic heterocycles. The zero-order chi connectivity index (χ0) is 35.5. The topological polar surface area (TPSA) is 6.48 Å². The second kappa shape index (κ2) is 12.4. The fourth-order valence-electron chi connectivity index (χ4n) is 8.72. The number of hydrogen-bond acceptors (Lipinski definition) is 2. The van der Waals surface area contributed by atoms with E-state index in [1.165, 1.54) is 89.8 Å². The van der Waals surface area contributed by atoms with Crippen molar-refractivity contribution in [1.82, 2.24) is 0 Å². The van der Waals surface area contributed by atoms with Gasteiger partial charge in [0.15, 0.2) is 0 Å². The van der Waals surface area contributed by atoms with E-state index >= 15 is 0 Å². The second-order valence-electron chi connectivity index (χ2n) is 15.0. The number of anilines is 6. The van der Waals surface area contributed by atoms with E-state index in [1.54, 1.807) is 0 Å². The van der Waals surface area contributed by atoms with E-state index in [-0.39, 0.29) is 5.41 Å². The van der Waals surface area contributed by atoms with Gasteiger partial charge in [-0.15, -0.1) is 0 Å². The molecule has 0 spiro atoms. The summed E-state index contributed by atoms with van der Waals surface area (Å²) in [6, 6.07) is 58.1. The van der Waals surface area contributed by atoms with Crippen LogP contribution in [0, 0.1) is 0 Å². The normalized spacial score (nSPS) is 14.8. The Labute approximate surface area is 312 Å². The monoisotopic (exact) mass is 680 g/mol. The minimum absolute atomic E-state index is 0.144. The fraction of sp³-hybridized carbons (Fsp3) is 0.0980. The van der Waals surface area contributed by atoms with Crippen LogP contribution in [0.4, 0.5) is 34.1 Å². The molecule has 2 heterocycles. The molecule has 0 bridgehead atoms. The van der Waals surface area contributed by atoms with Gasteiger partial charge in [-0.05, 0) is 117 Å². The third-order valence-corrected chi connectivity index (χ3v) is 11.5. The zero-order valence-electron chi connectivity index (χ0n) is 30.1. The van der Waals surface area contributed by atoms with E-state index in [4.69, 9.17) is 0 Å². The summed E-state index contributed by atoms with van der Waals surface area (Å²) in [5, 5.41) is 0. The Hall–Kier alpha value is -6.38. The van der Waals surface area contributed by atoms with Crippen molar-refractivity contribution in [3.8, 4) is 11.1 Å². The molecule has 0 amide bonds. The third kappa shape index (κ3) is 5.25. The van der Waals surface area contributed by atoms with Gasteiger partial charge < -0.3 is 9.80 Å². The summed E-state index contributed by atoms with van der Waals surface area (Å²) in [6.07, 6.45) is 11.1. The average molecular weight is 681 g/mol. The van der Waals surface area contributed by atoms with Gasteiger partial charge in [0.05, 0.1) is 11.4 Å². The molecule has 7 aromatic carbocycles. The van der Waals surface area contributed by atoms with Crippen molar-refractivity contribution in [2.45, 2.75) is 32.1 Å². The molecule has 2 nitrogen and oxygen atoms in total. The number of rotatable bonds is 4. The fourth-order valence-corrected chi connectivity index (χ4v) is 8.72. The molecule has 7 aromatic rings. The smallest absolute Gasteiger partial charge is 0.0534 e. The van der Waals surface area contributed by atoms with Gasteiger partial charge in [-0.3, -0.25) is 0 Å². The summed E-state index contributed by atoms with van der Waals surface area (Å²) in [6.45, 7) is 4.75. The lowest BCUT2D eigenvalue weighted by molar-refractivity contribution is 0.660. The van der Waals surface area contributed by atoms with Crippen molar-refractivity contribution in [2.24, 2.45) is 0 Å². The first-order chi connectivity index (χ1) is 26.0. The summed E-state index contributed by atoms with van der Waals surface area (Å²) in [4.78, 5) is 4.85. The first kappa shape index (κ1) is 31.4. The Morgan fingerprint density at radius 2 is 0.887 bits per heavy atom. The number of hydrogen-bond donors (Lipinski definition) is 0. The Kier molecular flexibility index (Phi) is 7.33. The molecule has 0 atom stereocenters. The highest BCUT2D eigenvalue weighted by Crippen LogP contribution is 2.52. The molecule has 254 valence electrons. The van der Waals surface area contributed by atoms with Gasteiger partial charge in [0, 0.05) is 28.2 Å². The number of aryl methyl sites for hydroxylation is 2. The minimum Gasteiger partial charge on any atom is -0.310 e. The SMILES string of the molecule is CC1(C)c2cc(/C=C/c3ccc(N4c5ccccc5CCc5ccccc54)cc3)ccc2-c2ccc(N3c4ccccc4C=Cc4ccccc43)cc21. The predicted molar refractivity (Wildman–Crippen MR) is 225 cm³/mol. The van der Waals surface area contributed by atoms with Gasteiger partial charge in [0.1, 0.15) is 0 Å². The van der Waals surface area contributed by atoms with Crippen LogP contribution in [-0.2, 0) is 18.3 Å². The minimum atomic E-state index is -0.144. The number of benzene rings is 7. The van der Waals surface area contributed by atoms with Gasteiger partial charge in [-0.25, -0.2) is 0 Å². The molecule has 2 heteroatoms. The highest BCUT2D eigenvalue weighted by Gasteiger charge is 2.36. The number of para-hydroxylation sites is 4. The van der Waals surface area contributed by atoms with Crippen molar-refractivity contribution in [3.05, 3.63) is 202 Å². The molecule has 3 aliphatic rings. The van der Waals surface area contributed by atoms with Crippen molar-refractivity contribution in [2.75, 3.05) is 9.80 Å². The van der Waals surface area contributed by atoms with Crippen LogP contribution in [0.1, 0.15) is 58.4 Å². The Bertz CT molecular complexity index is 2510. The average Bonchev–Trinajstić information content (AvgIpc) is 3.33. The third-order valence-electron chi connectivity index (χ3n) is 11.5. The largest absolute Gasteiger partial charge is 0.310 e. The number of fused-ring (bicyclic) bond motifs is 7. The highest BCUT2D eigenvalue weighted by molar-refractivity contribution is 5.94. The van der Waals surface area contributed by atoms with Crippen LogP contribution in [0.25, 0.3) is 35.4 Å². The molecule has 1 aliphatic carbocycles. The van der Waals surface area contributed by atoms with Crippen LogP contribution >= 0.6 is 0 Å². The Morgan fingerprint density at radius 3 is 1.51 bits per heavy atom. The number of nitrogens with zero attached hydrogens (tertiary/aromatic N) is 2. The molecule has 0 saturated carbocycles. The first-order valence-corrected chi connectivity index (χ1v) is 18.7. The van der Waals surface area contributed by atoms with Gasteiger partial charge in [0.2, 0.25) is 0 Å². The Morgan fingerprint density at radius 1 is 0.434 bits per heavy atom. The van der Waals surface area contributed by atoms with Crippen molar-refractivity contribution in [3.63, 3.8) is 0 Å². The van der Waals surface area contributed by atoms with E-state index in [1.807, 2.05) is 0 Å². The lowest BCUT2D eigenvalue weighted by atomic mass is 9.81. The van der Waals surface area contributed by atoms with Crippen LogP contribution in [0.5, 0.6) is 0 Å².